The molecule has 2 rings (SSSR count). The highest BCUT2D eigenvalue weighted by Gasteiger charge is 2.31. The third-order valence-electron chi connectivity index (χ3n) is 3.78. The van der Waals surface area contributed by atoms with E-state index in [0.29, 0.717) is 37.2 Å². The predicted molar refractivity (Wildman–Crippen MR) is 73.9 cm³/mol. The Morgan fingerprint density at radius 3 is 2.40 bits per heavy atom. The number of sulfone groups is 1. The van der Waals surface area contributed by atoms with E-state index in [2.05, 4.69) is 0 Å². The summed E-state index contributed by atoms with van der Waals surface area (Å²) < 4.78 is 30.6. The minimum Gasteiger partial charge on any atom is -0.478 e. The molecule has 0 aromatic heterocycles. The lowest BCUT2D eigenvalue weighted by molar-refractivity contribution is 0.0696. The number of ether oxygens (including phenoxy) is 1. The molecule has 20 heavy (non-hydrogen) atoms. The summed E-state index contributed by atoms with van der Waals surface area (Å²) >= 11 is 0. The highest BCUT2D eigenvalue weighted by molar-refractivity contribution is 7.92. The summed E-state index contributed by atoms with van der Waals surface area (Å²) in [6.07, 6.45) is 0.913. The molecule has 0 radical (unpaired) electrons. The van der Waals surface area contributed by atoms with Gasteiger partial charge in [-0.15, -0.1) is 0 Å². The van der Waals surface area contributed by atoms with Gasteiger partial charge in [-0.2, -0.15) is 0 Å². The first-order valence-corrected chi connectivity index (χ1v) is 8.05. The summed E-state index contributed by atoms with van der Waals surface area (Å²) in [5, 5.41) is 8.60. The van der Waals surface area contributed by atoms with Gasteiger partial charge in [0, 0.05) is 13.2 Å². The molecule has 0 aliphatic carbocycles. The van der Waals surface area contributed by atoms with E-state index in [-0.39, 0.29) is 10.5 Å². The molecule has 0 unspecified atom stereocenters. The lowest BCUT2D eigenvalue weighted by Crippen LogP contribution is -2.29. The molecule has 1 aromatic rings. The quantitative estimate of drug-likeness (QED) is 0.922. The van der Waals surface area contributed by atoms with Crippen LogP contribution in [0.4, 0.5) is 0 Å². The monoisotopic (exact) mass is 298 g/mol. The number of hydrogen-bond donors (Lipinski definition) is 1. The van der Waals surface area contributed by atoms with Crippen molar-refractivity contribution in [3.05, 3.63) is 28.8 Å². The smallest absolute Gasteiger partial charge is 0.335 e. The molecule has 1 heterocycles. The predicted octanol–water partition coefficient (Wildman–Crippen LogP) is 1.95. The summed E-state index contributed by atoms with van der Waals surface area (Å²) in [6.45, 7) is 4.30. The van der Waals surface area contributed by atoms with Gasteiger partial charge in [0.25, 0.3) is 0 Å². The maximum Gasteiger partial charge on any atom is 0.335 e. The van der Waals surface area contributed by atoms with Gasteiger partial charge in [-0.25, -0.2) is 13.2 Å². The molecule has 0 atom stereocenters. The summed E-state index contributed by atoms with van der Waals surface area (Å²) in [4.78, 5) is 11.2. The Bertz CT molecular complexity index is 627. The first-order valence-electron chi connectivity index (χ1n) is 6.50. The fourth-order valence-electron chi connectivity index (χ4n) is 2.41. The second-order valence-electron chi connectivity index (χ2n) is 5.08. The van der Waals surface area contributed by atoms with E-state index >= 15 is 0 Å². The standard InChI is InChI=1S/C14H18O5S/c1-9-7-11(14(15)16)8-13(10(9)2)20(17,18)12-3-5-19-6-4-12/h7-8,12H,3-6H2,1-2H3,(H,15,16). The summed E-state index contributed by atoms with van der Waals surface area (Å²) in [5.74, 6) is -1.11. The second-order valence-corrected chi connectivity index (χ2v) is 7.27. The molecule has 1 N–H and O–H groups in total. The second kappa shape index (κ2) is 5.54. The molecule has 110 valence electrons. The van der Waals surface area contributed by atoms with E-state index < -0.39 is 21.1 Å². The normalized spacial score (nSPS) is 17.1. The Hall–Kier alpha value is -1.40. The Labute approximate surface area is 118 Å². The van der Waals surface area contributed by atoms with Crippen LogP contribution in [-0.4, -0.2) is 38.0 Å². The molecule has 1 aliphatic heterocycles. The van der Waals surface area contributed by atoms with Crippen molar-refractivity contribution < 1.29 is 23.1 Å². The van der Waals surface area contributed by atoms with E-state index in [1.165, 1.54) is 12.1 Å². The van der Waals surface area contributed by atoms with Gasteiger partial charge in [0.1, 0.15) is 0 Å². The Morgan fingerprint density at radius 2 is 1.85 bits per heavy atom. The van der Waals surface area contributed by atoms with Crippen molar-refractivity contribution in [1.82, 2.24) is 0 Å². The van der Waals surface area contributed by atoms with Crippen molar-refractivity contribution in [2.24, 2.45) is 0 Å². The number of carbonyl (C=O) groups is 1. The molecular formula is C14H18O5S. The minimum absolute atomic E-state index is 0.0127. The Morgan fingerprint density at radius 1 is 1.25 bits per heavy atom. The van der Waals surface area contributed by atoms with E-state index in [1.54, 1.807) is 13.8 Å². The Balaban J connectivity index is 2.52. The maximum atomic E-state index is 12.7. The van der Waals surface area contributed by atoms with Gasteiger partial charge in [0.05, 0.1) is 15.7 Å². The fourth-order valence-corrected chi connectivity index (χ4v) is 4.46. The van der Waals surface area contributed by atoms with Gasteiger partial charge in [-0.1, -0.05) is 0 Å². The summed E-state index contributed by atoms with van der Waals surface area (Å²) in [7, 11) is -3.51. The number of carboxylic acid groups (broad SMARTS) is 1. The van der Waals surface area contributed by atoms with Crippen molar-refractivity contribution in [3.8, 4) is 0 Å². The lowest BCUT2D eigenvalue weighted by Gasteiger charge is -2.23. The van der Waals surface area contributed by atoms with Crippen LogP contribution in [0.3, 0.4) is 0 Å². The van der Waals surface area contributed by atoms with Crippen molar-refractivity contribution >= 4 is 15.8 Å². The fraction of sp³-hybridized carbons (Fsp3) is 0.500. The number of aromatic carboxylic acids is 1. The van der Waals surface area contributed by atoms with Crippen molar-refractivity contribution in [1.29, 1.82) is 0 Å². The van der Waals surface area contributed by atoms with Crippen LogP contribution in [0.15, 0.2) is 17.0 Å². The number of hydrogen-bond acceptors (Lipinski definition) is 4. The molecule has 1 saturated heterocycles. The number of rotatable bonds is 3. The van der Waals surface area contributed by atoms with E-state index in [9.17, 15) is 13.2 Å². The maximum absolute atomic E-state index is 12.7. The zero-order valence-electron chi connectivity index (χ0n) is 11.5. The van der Waals surface area contributed by atoms with E-state index in [4.69, 9.17) is 9.84 Å². The van der Waals surface area contributed by atoms with Crippen molar-refractivity contribution in [3.63, 3.8) is 0 Å². The van der Waals surface area contributed by atoms with Gasteiger partial charge in [0.15, 0.2) is 9.84 Å². The largest absolute Gasteiger partial charge is 0.478 e. The van der Waals surface area contributed by atoms with Gasteiger partial charge in [-0.3, -0.25) is 0 Å². The van der Waals surface area contributed by atoms with Crippen LogP contribution in [-0.2, 0) is 14.6 Å². The lowest BCUT2D eigenvalue weighted by atomic mass is 10.1. The average molecular weight is 298 g/mol. The van der Waals surface area contributed by atoms with E-state index in [0.717, 1.165) is 0 Å². The van der Waals surface area contributed by atoms with Crippen LogP contribution in [0.5, 0.6) is 0 Å². The molecular weight excluding hydrogens is 280 g/mol. The first kappa shape index (κ1) is 15.0. The average Bonchev–Trinajstić information content (AvgIpc) is 2.42. The molecule has 0 amide bonds. The summed E-state index contributed by atoms with van der Waals surface area (Å²) in [5.41, 5.74) is 1.32. The van der Waals surface area contributed by atoms with Gasteiger partial charge in [0.2, 0.25) is 0 Å². The molecule has 0 saturated carbocycles. The third kappa shape index (κ3) is 2.71. The molecule has 6 heteroatoms. The van der Waals surface area contributed by atoms with Crippen molar-refractivity contribution in [2.75, 3.05) is 13.2 Å². The third-order valence-corrected chi connectivity index (χ3v) is 6.17. The zero-order chi connectivity index (χ0) is 14.9. The molecule has 5 nitrogen and oxygen atoms in total. The molecule has 1 aliphatic rings. The SMILES string of the molecule is Cc1cc(C(=O)O)cc(S(=O)(=O)C2CCOCC2)c1C. The number of carboxylic acids is 1. The number of aryl methyl sites for hydroxylation is 1. The molecule has 1 fully saturated rings. The molecule has 1 aromatic carbocycles. The zero-order valence-corrected chi connectivity index (χ0v) is 12.4. The Kier molecular flexibility index (Phi) is 4.15. The van der Waals surface area contributed by atoms with Gasteiger partial charge < -0.3 is 9.84 Å². The van der Waals surface area contributed by atoms with Crippen LogP contribution in [0.1, 0.15) is 34.3 Å². The van der Waals surface area contributed by atoms with Crippen LogP contribution in [0.25, 0.3) is 0 Å². The van der Waals surface area contributed by atoms with Gasteiger partial charge >= 0.3 is 5.97 Å². The first-order chi connectivity index (χ1) is 9.34. The van der Waals surface area contributed by atoms with Crippen LogP contribution in [0, 0.1) is 13.8 Å². The van der Waals surface area contributed by atoms with Crippen molar-refractivity contribution in [2.45, 2.75) is 36.8 Å². The highest BCUT2D eigenvalue weighted by Crippen LogP contribution is 2.28. The molecule has 0 spiro atoms. The van der Waals surface area contributed by atoms with E-state index in [1.807, 2.05) is 0 Å². The van der Waals surface area contributed by atoms with Crippen LogP contribution in [0.2, 0.25) is 0 Å². The summed E-state index contributed by atoms with van der Waals surface area (Å²) in [6, 6.07) is 2.77. The van der Waals surface area contributed by atoms with Gasteiger partial charge in [-0.05, 0) is 49.9 Å². The topological polar surface area (TPSA) is 80.7 Å². The van der Waals surface area contributed by atoms with Crippen LogP contribution < -0.4 is 0 Å². The highest BCUT2D eigenvalue weighted by atomic mass is 32.2. The molecule has 0 bridgehead atoms. The van der Waals surface area contributed by atoms with Crippen LogP contribution >= 0.6 is 0 Å². The minimum atomic E-state index is -3.51. The number of benzene rings is 1.